The fourth-order valence-corrected chi connectivity index (χ4v) is 2.68. The van der Waals surface area contributed by atoms with Crippen molar-refractivity contribution in [2.24, 2.45) is 10.7 Å². The van der Waals surface area contributed by atoms with Crippen LogP contribution in [0.1, 0.15) is 44.1 Å². The van der Waals surface area contributed by atoms with E-state index in [-0.39, 0.29) is 24.0 Å². The van der Waals surface area contributed by atoms with Crippen LogP contribution >= 0.6 is 24.0 Å². The predicted octanol–water partition coefficient (Wildman–Crippen LogP) is 3.82. The van der Waals surface area contributed by atoms with Gasteiger partial charge in [0.1, 0.15) is 0 Å². The quantitative estimate of drug-likeness (QED) is 0.341. The van der Waals surface area contributed by atoms with Gasteiger partial charge in [0, 0.05) is 19.6 Å². The molecular formula is C17H28IN3. The molecule has 3 nitrogen and oxygen atoms in total. The number of hydrogen-bond acceptors (Lipinski definition) is 1. The Morgan fingerprint density at radius 1 is 1.00 bits per heavy atom. The third-order valence-corrected chi connectivity index (χ3v) is 3.92. The summed E-state index contributed by atoms with van der Waals surface area (Å²) in [5.41, 5.74) is 7.46. The number of benzene rings is 1. The van der Waals surface area contributed by atoms with Crippen molar-refractivity contribution in [3.63, 3.8) is 0 Å². The second kappa shape index (κ2) is 10.9. The highest BCUT2D eigenvalue weighted by Gasteiger charge is 2.11. The molecule has 0 radical (unpaired) electrons. The van der Waals surface area contributed by atoms with E-state index in [1.54, 1.807) is 0 Å². The summed E-state index contributed by atoms with van der Waals surface area (Å²) in [5.74, 6) is 0.757. The van der Waals surface area contributed by atoms with E-state index in [0.717, 1.165) is 32.0 Å². The van der Waals surface area contributed by atoms with Crippen molar-refractivity contribution in [3.8, 4) is 0 Å². The molecule has 2 N–H and O–H groups in total. The van der Waals surface area contributed by atoms with E-state index in [9.17, 15) is 0 Å². The average molecular weight is 401 g/mol. The topological polar surface area (TPSA) is 41.6 Å². The summed E-state index contributed by atoms with van der Waals surface area (Å²) >= 11 is 0. The van der Waals surface area contributed by atoms with Crippen LogP contribution in [0.4, 0.5) is 0 Å². The molecule has 1 fully saturated rings. The van der Waals surface area contributed by atoms with Crippen LogP contribution < -0.4 is 5.73 Å². The van der Waals surface area contributed by atoms with Crippen molar-refractivity contribution in [2.75, 3.05) is 19.6 Å². The first-order chi connectivity index (χ1) is 9.86. The van der Waals surface area contributed by atoms with Gasteiger partial charge in [-0.3, -0.25) is 4.99 Å². The van der Waals surface area contributed by atoms with Gasteiger partial charge in [0.2, 0.25) is 0 Å². The summed E-state index contributed by atoms with van der Waals surface area (Å²) in [6.07, 6.45) is 8.63. The van der Waals surface area contributed by atoms with Gasteiger partial charge in [-0.1, -0.05) is 36.8 Å². The molecule has 0 aromatic heterocycles. The van der Waals surface area contributed by atoms with Gasteiger partial charge in [-0.25, -0.2) is 0 Å². The van der Waals surface area contributed by atoms with Crippen LogP contribution in [0.3, 0.4) is 0 Å². The Balaban J connectivity index is 0.00000220. The van der Waals surface area contributed by atoms with Crippen molar-refractivity contribution in [2.45, 2.75) is 44.9 Å². The maximum absolute atomic E-state index is 6.03. The van der Waals surface area contributed by atoms with Gasteiger partial charge in [-0.2, -0.15) is 0 Å². The van der Waals surface area contributed by atoms with Crippen LogP contribution in [0, 0.1) is 0 Å². The van der Waals surface area contributed by atoms with Gasteiger partial charge in [-0.15, -0.1) is 24.0 Å². The largest absolute Gasteiger partial charge is 0.370 e. The Morgan fingerprint density at radius 3 is 2.43 bits per heavy atom. The molecule has 0 spiro atoms. The lowest BCUT2D eigenvalue weighted by atomic mass is 10.1. The molecule has 2 rings (SSSR count). The monoisotopic (exact) mass is 401 g/mol. The van der Waals surface area contributed by atoms with Crippen LogP contribution in [-0.4, -0.2) is 30.5 Å². The molecule has 1 aliphatic heterocycles. The zero-order valence-electron chi connectivity index (χ0n) is 12.8. The van der Waals surface area contributed by atoms with Gasteiger partial charge in [0.25, 0.3) is 0 Å². The molecule has 0 saturated carbocycles. The Bertz CT molecular complexity index is 400. The Labute approximate surface area is 146 Å². The summed E-state index contributed by atoms with van der Waals surface area (Å²) in [5, 5.41) is 0. The third-order valence-electron chi connectivity index (χ3n) is 3.92. The molecule has 1 aromatic carbocycles. The SMILES string of the molecule is I.NC(=NCCCCCc1ccccc1)N1CCCCC1. The standard InChI is InChI=1S/C17H27N3.HI/c18-17(20-14-8-3-9-15-20)19-13-7-2-6-12-16-10-4-1-5-11-16;/h1,4-5,10-11H,2-3,6-9,12-15H2,(H2,18,19);1H. The zero-order chi connectivity index (χ0) is 14.0. The predicted molar refractivity (Wildman–Crippen MR) is 101 cm³/mol. The second-order valence-corrected chi connectivity index (χ2v) is 5.58. The summed E-state index contributed by atoms with van der Waals surface area (Å²) < 4.78 is 0. The van der Waals surface area contributed by atoms with Gasteiger partial charge in [0.15, 0.2) is 5.96 Å². The van der Waals surface area contributed by atoms with Crippen molar-refractivity contribution in [3.05, 3.63) is 35.9 Å². The molecule has 4 heteroatoms. The van der Waals surface area contributed by atoms with E-state index < -0.39 is 0 Å². The first kappa shape index (κ1) is 18.3. The number of rotatable bonds is 6. The minimum atomic E-state index is 0. The molecular weight excluding hydrogens is 373 g/mol. The van der Waals surface area contributed by atoms with Gasteiger partial charge in [-0.05, 0) is 44.1 Å². The zero-order valence-corrected chi connectivity index (χ0v) is 15.2. The number of aliphatic imine (C=N–C) groups is 1. The molecule has 118 valence electrons. The number of unbranched alkanes of at least 4 members (excludes halogenated alkanes) is 2. The number of piperidine rings is 1. The summed E-state index contributed by atoms with van der Waals surface area (Å²) in [7, 11) is 0. The highest BCUT2D eigenvalue weighted by Crippen LogP contribution is 2.09. The first-order valence-electron chi connectivity index (χ1n) is 7.95. The van der Waals surface area contributed by atoms with E-state index in [0.29, 0.717) is 0 Å². The van der Waals surface area contributed by atoms with E-state index in [2.05, 4.69) is 40.2 Å². The Hall–Kier alpha value is -0.780. The molecule has 1 heterocycles. The first-order valence-corrected chi connectivity index (χ1v) is 7.95. The Morgan fingerprint density at radius 2 is 1.71 bits per heavy atom. The fraction of sp³-hybridized carbons (Fsp3) is 0.588. The van der Waals surface area contributed by atoms with Gasteiger partial charge < -0.3 is 10.6 Å². The number of halogens is 1. The van der Waals surface area contributed by atoms with E-state index >= 15 is 0 Å². The maximum Gasteiger partial charge on any atom is 0.191 e. The number of nitrogens with zero attached hydrogens (tertiary/aromatic N) is 2. The minimum absolute atomic E-state index is 0. The second-order valence-electron chi connectivity index (χ2n) is 5.58. The van der Waals surface area contributed by atoms with Crippen molar-refractivity contribution in [1.29, 1.82) is 0 Å². The molecule has 0 bridgehead atoms. The highest BCUT2D eigenvalue weighted by atomic mass is 127. The smallest absolute Gasteiger partial charge is 0.191 e. The fourth-order valence-electron chi connectivity index (χ4n) is 2.68. The van der Waals surface area contributed by atoms with Gasteiger partial charge >= 0.3 is 0 Å². The van der Waals surface area contributed by atoms with Crippen molar-refractivity contribution in [1.82, 2.24) is 4.90 Å². The van der Waals surface area contributed by atoms with Crippen LogP contribution in [0.2, 0.25) is 0 Å². The minimum Gasteiger partial charge on any atom is -0.370 e. The van der Waals surface area contributed by atoms with Gasteiger partial charge in [0.05, 0.1) is 0 Å². The summed E-state index contributed by atoms with van der Waals surface area (Å²) in [6, 6.07) is 10.7. The van der Waals surface area contributed by atoms with Crippen LogP contribution in [0.15, 0.2) is 35.3 Å². The van der Waals surface area contributed by atoms with Crippen LogP contribution in [-0.2, 0) is 6.42 Å². The molecule has 1 saturated heterocycles. The Kier molecular flexibility index (Phi) is 9.46. The lowest BCUT2D eigenvalue weighted by molar-refractivity contribution is 0.338. The molecule has 0 atom stereocenters. The molecule has 1 aromatic rings. The summed E-state index contributed by atoms with van der Waals surface area (Å²) in [4.78, 5) is 6.74. The third kappa shape index (κ3) is 7.16. The summed E-state index contributed by atoms with van der Waals surface area (Å²) in [6.45, 7) is 3.05. The van der Waals surface area contributed by atoms with Crippen LogP contribution in [0.5, 0.6) is 0 Å². The van der Waals surface area contributed by atoms with E-state index in [4.69, 9.17) is 5.73 Å². The lowest BCUT2D eigenvalue weighted by Gasteiger charge is -2.27. The van der Waals surface area contributed by atoms with E-state index in [1.807, 2.05) is 0 Å². The van der Waals surface area contributed by atoms with Crippen molar-refractivity contribution < 1.29 is 0 Å². The number of likely N-dealkylation sites (tertiary alicyclic amines) is 1. The highest BCUT2D eigenvalue weighted by molar-refractivity contribution is 14.0. The molecule has 0 amide bonds. The maximum atomic E-state index is 6.03. The van der Waals surface area contributed by atoms with Crippen molar-refractivity contribution >= 4 is 29.9 Å². The number of guanidine groups is 1. The van der Waals surface area contributed by atoms with Crippen LogP contribution in [0.25, 0.3) is 0 Å². The molecule has 21 heavy (non-hydrogen) atoms. The number of aryl methyl sites for hydroxylation is 1. The normalized spacial score (nSPS) is 15.6. The van der Waals surface area contributed by atoms with E-state index in [1.165, 1.54) is 44.1 Å². The number of hydrogen-bond donors (Lipinski definition) is 1. The molecule has 0 aliphatic carbocycles. The number of nitrogens with two attached hydrogens (primary N) is 1. The lowest BCUT2D eigenvalue weighted by Crippen LogP contribution is -2.40. The average Bonchev–Trinajstić information content (AvgIpc) is 2.52. The molecule has 0 unspecified atom stereocenters. The molecule has 1 aliphatic rings.